The van der Waals surface area contributed by atoms with Crippen molar-refractivity contribution in [2.75, 3.05) is 5.32 Å². The molecule has 1 aromatic carbocycles. The van der Waals surface area contributed by atoms with Crippen molar-refractivity contribution in [3.05, 3.63) is 39.3 Å². The molecule has 1 atom stereocenters. The number of ether oxygens (including phenoxy) is 1. The van der Waals surface area contributed by atoms with E-state index in [1.54, 1.807) is 37.4 Å². The van der Waals surface area contributed by atoms with Gasteiger partial charge in [-0.15, -0.1) is 0 Å². The number of thiazole rings is 1. The number of carbonyl (C=O) groups excluding carboxylic acids is 1. The number of anilines is 1. The second-order valence-electron chi connectivity index (χ2n) is 3.68. The number of hydrogen-bond donors (Lipinski definition) is 1. The van der Waals surface area contributed by atoms with Crippen LogP contribution in [-0.2, 0) is 4.79 Å². The third-order valence-electron chi connectivity index (χ3n) is 2.19. The summed E-state index contributed by atoms with van der Waals surface area (Å²) in [5.74, 6) is 0.289. The van der Waals surface area contributed by atoms with Gasteiger partial charge in [-0.25, -0.2) is 4.98 Å². The fourth-order valence-corrected chi connectivity index (χ4v) is 2.61. The molecule has 1 N–H and O–H groups in total. The fourth-order valence-electron chi connectivity index (χ4n) is 1.32. The quantitative estimate of drug-likeness (QED) is 0.896. The molecule has 0 spiro atoms. The van der Waals surface area contributed by atoms with Crippen LogP contribution >= 0.6 is 38.9 Å². The molecule has 2 rings (SSSR count). The lowest BCUT2D eigenvalue weighted by molar-refractivity contribution is -0.122. The van der Waals surface area contributed by atoms with Gasteiger partial charge < -0.3 is 4.74 Å². The van der Waals surface area contributed by atoms with Crippen molar-refractivity contribution < 1.29 is 9.53 Å². The van der Waals surface area contributed by atoms with E-state index in [1.165, 1.54) is 11.3 Å². The summed E-state index contributed by atoms with van der Waals surface area (Å²) >= 11 is 10.5. The molecule has 0 saturated carbocycles. The fraction of sp³-hybridized carbons (Fsp3) is 0.167. The summed E-state index contributed by atoms with van der Waals surface area (Å²) in [7, 11) is 0. The monoisotopic (exact) mass is 360 g/mol. The smallest absolute Gasteiger partial charge is 0.266 e. The molecular formula is C12H10BrClN2O2S. The van der Waals surface area contributed by atoms with E-state index < -0.39 is 6.10 Å². The second kappa shape index (κ2) is 6.36. The summed E-state index contributed by atoms with van der Waals surface area (Å²) < 4.78 is 6.36. The minimum Gasteiger partial charge on any atom is -0.481 e. The Kier molecular flexibility index (Phi) is 4.79. The average Bonchev–Trinajstić information content (AvgIpc) is 2.74. The summed E-state index contributed by atoms with van der Waals surface area (Å²) in [5.41, 5.74) is 0. The van der Waals surface area contributed by atoms with E-state index in [4.69, 9.17) is 16.3 Å². The summed E-state index contributed by atoms with van der Waals surface area (Å²) in [6.45, 7) is 1.67. The van der Waals surface area contributed by atoms with Crippen LogP contribution in [0.3, 0.4) is 0 Å². The van der Waals surface area contributed by atoms with Gasteiger partial charge in [0.15, 0.2) is 11.2 Å². The number of halogens is 2. The minimum atomic E-state index is -0.638. The highest BCUT2D eigenvalue weighted by atomic mass is 79.9. The normalized spacial score (nSPS) is 11.9. The molecule has 1 amide bonds. The van der Waals surface area contributed by atoms with E-state index >= 15 is 0 Å². The summed E-state index contributed by atoms with van der Waals surface area (Å²) in [4.78, 5) is 15.9. The van der Waals surface area contributed by atoms with Crippen LogP contribution in [0.1, 0.15) is 6.92 Å². The molecule has 7 heteroatoms. The van der Waals surface area contributed by atoms with Gasteiger partial charge in [0, 0.05) is 5.02 Å². The van der Waals surface area contributed by atoms with Gasteiger partial charge in [-0.1, -0.05) is 29.0 Å². The molecule has 100 valence electrons. The summed E-state index contributed by atoms with van der Waals surface area (Å²) in [6, 6.07) is 6.91. The molecule has 1 unspecified atom stereocenters. The molecular weight excluding hydrogens is 352 g/mol. The lowest BCUT2D eigenvalue weighted by atomic mass is 10.3. The Morgan fingerprint density at radius 1 is 1.58 bits per heavy atom. The number of carbonyl (C=O) groups is 1. The number of aromatic nitrogens is 1. The third kappa shape index (κ3) is 4.19. The highest BCUT2D eigenvalue weighted by Crippen LogP contribution is 2.23. The van der Waals surface area contributed by atoms with Gasteiger partial charge in [0.25, 0.3) is 5.91 Å². The zero-order chi connectivity index (χ0) is 13.8. The van der Waals surface area contributed by atoms with Gasteiger partial charge in [-0.2, -0.15) is 0 Å². The maximum Gasteiger partial charge on any atom is 0.266 e. The van der Waals surface area contributed by atoms with Crippen molar-refractivity contribution in [1.82, 2.24) is 4.98 Å². The zero-order valence-electron chi connectivity index (χ0n) is 9.89. The summed E-state index contributed by atoms with van der Waals surface area (Å²) in [5, 5.41) is 3.77. The molecule has 2 aromatic rings. The molecule has 1 heterocycles. The SMILES string of the molecule is CC(Oc1cccc(Cl)c1)C(=O)Nc1ncc(Br)s1. The standard InChI is InChI=1S/C12H10BrClN2O2S/c1-7(18-9-4-2-3-8(14)5-9)11(17)16-12-15-6-10(13)19-12/h2-7H,1H3,(H,15,16,17). The van der Waals surface area contributed by atoms with Gasteiger partial charge in [0.2, 0.25) is 0 Å². The predicted molar refractivity (Wildman–Crippen MR) is 80.0 cm³/mol. The van der Waals surface area contributed by atoms with E-state index in [0.717, 1.165) is 3.79 Å². The number of rotatable bonds is 4. The number of nitrogens with zero attached hydrogens (tertiary/aromatic N) is 1. The lowest BCUT2D eigenvalue weighted by Crippen LogP contribution is -2.30. The van der Waals surface area contributed by atoms with Gasteiger partial charge in [-0.3, -0.25) is 10.1 Å². The Hall–Kier alpha value is -1.11. The Labute approximate surface area is 127 Å². The highest BCUT2D eigenvalue weighted by molar-refractivity contribution is 9.11. The maximum absolute atomic E-state index is 11.9. The van der Waals surface area contributed by atoms with Gasteiger partial charge in [0.05, 0.1) is 9.98 Å². The molecule has 19 heavy (non-hydrogen) atoms. The first-order chi connectivity index (χ1) is 9.04. The molecule has 0 bridgehead atoms. The molecule has 0 radical (unpaired) electrons. The lowest BCUT2D eigenvalue weighted by Gasteiger charge is -2.13. The van der Waals surface area contributed by atoms with Crippen LogP contribution in [-0.4, -0.2) is 17.0 Å². The van der Waals surface area contributed by atoms with Crippen LogP contribution < -0.4 is 10.1 Å². The minimum absolute atomic E-state index is 0.262. The first-order valence-electron chi connectivity index (χ1n) is 5.39. The molecule has 0 aliphatic heterocycles. The van der Waals surface area contributed by atoms with Gasteiger partial charge in [0.1, 0.15) is 5.75 Å². The van der Waals surface area contributed by atoms with Crippen molar-refractivity contribution in [2.24, 2.45) is 0 Å². The molecule has 0 saturated heterocycles. The van der Waals surface area contributed by atoms with Crippen molar-refractivity contribution in [3.63, 3.8) is 0 Å². The van der Waals surface area contributed by atoms with E-state index in [9.17, 15) is 4.79 Å². The molecule has 0 fully saturated rings. The van der Waals surface area contributed by atoms with Crippen molar-refractivity contribution >= 4 is 49.9 Å². The topological polar surface area (TPSA) is 51.2 Å². The van der Waals surface area contributed by atoms with Crippen molar-refractivity contribution in [1.29, 1.82) is 0 Å². The van der Waals surface area contributed by atoms with Gasteiger partial charge >= 0.3 is 0 Å². The number of hydrogen-bond acceptors (Lipinski definition) is 4. The Bertz CT molecular complexity index is 591. The largest absolute Gasteiger partial charge is 0.481 e. The molecule has 4 nitrogen and oxygen atoms in total. The van der Waals surface area contributed by atoms with Crippen LogP contribution in [0.2, 0.25) is 5.02 Å². The first-order valence-corrected chi connectivity index (χ1v) is 7.38. The van der Waals surface area contributed by atoms with Crippen LogP contribution in [0.5, 0.6) is 5.75 Å². The van der Waals surface area contributed by atoms with Crippen LogP contribution in [0, 0.1) is 0 Å². The summed E-state index contributed by atoms with van der Waals surface area (Å²) in [6.07, 6.45) is 0.990. The van der Waals surface area contributed by atoms with E-state index in [0.29, 0.717) is 15.9 Å². The average molecular weight is 362 g/mol. The Morgan fingerprint density at radius 3 is 3.00 bits per heavy atom. The maximum atomic E-state index is 11.9. The number of nitrogens with one attached hydrogen (secondary N) is 1. The van der Waals surface area contributed by atoms with Crippen molar-refractivity contribution in [3.8, 4) is 5.75 Å². The number of benzene rings is 1. The van der Waals surface area contributed by atoms with Gasteiger partial charge in [-0.05, 0) is 41.1 Å². The molecule has 0 aliphatic rings. The highest BCUT2D eigenvalue weighted by Gasteiger charge is 2.16. The van der Waals surface area contributed by atoms with Crippen molar-refractivity contribution in [2.45, 2.75) is 13.0 Å². The molecule has 0 aliphatic carbocycles. The van der Waals surface area contributed by atoms with E-state index in [1.807, 2.05) is 0 Å². The number of amides is 1. The Balaban J connectivity index is 1.96. The second-order valence-corrected chi connectivity index (χ2v) is 6.52. The van der Waals surface area contributed by atoms with Crippen LogP contribution in [0.25, 0.3) is 0 Å². The predicted octanol–water partition coefficient (Wildman–Crippen LogP) is 3.97. The van der Waals surface area contributed by atoms with Crippen LogP contribution in [0.15, 0.2) is 34.2 Å². The Morgan fingerprint density at radius 2 is 2.37 bits per heavy atom. The molecule has 1 aromatic heterocycles. The van der Waals surface area contributed by atoms with E-state index in [2.05, 4.69) is 26.2 Å². The van der Waals surface area contributed by atoms with Crippen LogP contribution in [0.4, 0.5) is 5.13 Å². The van der Waals surface area contributed by atoms with E-state index in [-0.39, 0.29) is 5.91 Å². The third-order valence-corrected chi connectivity index (χ3v) is 3.81. The first kappa shape index (κ1) is 14.3. The zero-order valence-corrected chi connectivity index (χ0v) is 13.1.